The van der Waals surface area contributed by atoms with Crippen LogP contribution in [0.5, 0.6) is 5.75 Å². The van der Waals surface area contributed by atoms with Crippen LogP contribution in [0.15, 0.2) is 72.9 Å². The quantitative estimate of drug-likeness (QED) is 0.379. The average molecular weight is 317 g/mol. The van der Waals surface area contributed by atoms with Gasteiger partial charge in [-0.25, -0.2) is 4.79 Å². The van der Waals surface area contributed by atoms with Crippen LogP contribution in [0.1, 0.15) is 29.3 Å². The van der Waals surface area contributed by atoms with Crippen LogP contribution in [0.25, 0.3) is 10.9 Å². The van der Waals surface area contributed by atoms with Crippen LogP contribution in [0.2, 0.25) is 0 Å². The van der Waals surface area contributed by atoms with Crippen molar-refractivity contribution in [1.29, 1.82) is 0 Å². The maximum absolute atomic E-state index is 12.7. The lowest BCUT2D eigenvalue weighted by Gasteiger charge is -2.11. The number of carbonyl (C=O) groups is 1. The number of pyridine rings is 1. The highest BCUT2D eigenvalue weighted by molar-refractivity contribution is 6.03. The third-order valence-electron chi connectivity index (χ3n) is 3.97. The number of esters is 1. The minimum absolute atomic E-state index is 0.395. The van der Waals surface area contributed by atoms with Gasteiger partial charge in [-0.05, 0) is 36.6 Å². The summed E-state index contributed by atoms with van der Waals surface area (Å²) < 4.78 is 5.67. The van der Waals surface area contributed by atoms with Crippen molar-refractivity contribution in [3.05, 3.63) is 84.1 Å². The molecule has 24 heavy (non-hydrogen) atoms. The van der Waals surface area contributed by atoms with Crippen molar-refractivity contribution in [3.63, 3.8) is 0 Å². The highest BCUT2D eigenvalue weighted by Crippen LogP contribution is 2.24. The van der Waals surface area contributed by atoms with Crippen LogP contribution in [-0.2, 0) is 6.42 Å². The van der Waals surface area contributed by atoms with Crippen molar-refractivity contribution in [1.82, 2.24) is 4.98 Å². The second-order valence-electron chi connectivity index (χ2n) is 5.66. The molecule has 0 spiro atoms. The van der Waals surface area contributed by atoms with E-state index in [1.807, 2.05) is 48.5 Å². The number of carbonyl (C=O) groups excluding carboxylic acids is 1. The number of ether oxygens (including phenoxy) is 1. The minimum atomic E-state index is -0.395. The van der Waals surface area contributed by atoms with Crippen molar-refractivity contribution in [3.8, 4) is 5.75 Å². The Hall–Kier alpha value is -2.94. The van der Waals surface area contributed by atoms with Crippen molar-refractivity contribution in [2.45, 2.75) is 19.8 Å². The van der Waals surface area contributed by atoms with E-state index in [1.54, 1.807) is 12.3 Å². The van der Waals surface area contributed by atoms with E-state index in [9.17, 15) is 4.79 Å². The Bertz CT molecular complexity index is 894. The fourth-order valence-corrected chi connectivity index (χ4v) is 2.57. The average Bonchev–Trinajstić information content (AvgIpc) is 2.62. The molecule has 2 aromatic carbocycles. The van der Waals surface area contributed by atoms with Crippen LogP contribution in [-0.4, -0.2) is 11.0 Å². The number of hydrogen-bond donors (Lipinski definition) is 0. The predicted molar refractivity (Wildman–Crippen MR) is 96.3 cm³/mol. The van der Waals surface area contributed by atoms with Gasteiger partial charge in [-0.15, -0.1) is 0 Å². The van der Waals surface area contributed by atoms with Crippen molar-refractivity contribution in [2.24, 2.45) is 0 Å². The smallest absolute Gasteiger partial charge is 0.345 e. The summed E-state index contributed by atoms with van der Waals surface area (Å²) in [7, 11) is 0. The predicted octanol–water partition coefficient (Wildman–Crippen LogP) is 4.96. The summed E-state index contributed by atoms with van der Waals surface area (Å²) in [6.07, 6.45) is 3.28. The third-order valence-corrected chi connectivity index (χ3v) is 3.97. The molecule has 0 unspecified atom stereocenters. The summed E-state index contributed by atoms with van der Waals surface area (Å²) in [5.41, 5.74) is 3.19. The SMILES string of the molecule is C=C(CC)Cc1ccccc1OC(=O)c1cccc2cccnc12. The first kappa shape index (κ1) is 15.9. The van der Waals surface area contributed by atoms with Gasteiger partial charge >= 0.3 is 5.97 Å². The fraction of sp³-hybridized carbons (Fsp3) is 0.143. The monoisotopic (exact) mass is 317 g/mol. The first-order valence-electron chi connectivity index (χ1n) is 7.99. The van der Waals surface area contributed by atoms with Gasteiger partial charge in [0.15, 0.2) is 0 Å². The lowest BCUT2D eigenvalue weighted by atomic mass is 10.0. The number of benzene rings is 2. The number of nitrogens with zero attached hydrogens (tertiary/aromatic N) is 1. The van der Waals surface area contributed by atoms with E-state index in [0.717, 1.165) is 22.9 Å². The van der Waals surface area contributed by atoms with Gasteiger partial charge in [0, 0.05) is 11.6 Å². The van der Waals surface area contributed by atoms with E-state index in [2.05, 4.69) is 18.5 Å². The molecule has 0 radical (unpaired) electrons. The Morgan fingerprint density at radius 2 is 1.88 bits per heavy atom. The Labute approximate surface area is 141 Å². The second-order valence-corrected chi connectivity index (χ2v) is 5.66. The number of aromatic nitrogens is 1. The summed E-state index contributed by atoms with van der Waals surface area (Å²) >= 11 is 0. The van der Waals surface area contributed by atoms with Gasteiger partial charge in [0.1, 0.15) is 5.75 Å². The molecule has 1 heterocycles. The van der Waals surface area contributed by atoms with Crippen LogP contribution >= 0.6 is 0 Å². The number of hydrogen-bond acceptors (Lipinski definition) is 3. The van der Waals surface area contributed by atoms with E-state index in [4.69, 9.17) is 4.74 Å². The van der Waals surface area contributed by atoms with E-state index >= 15 is 0 Å². The molecule has 0 N–H and O–H groups in total. The molecule has 0 atom stereocenters. The number of fused-ring (bicyclic) bond motifs is 1. The third kappa shape index (κ3) is 3.35. The normalized spacial score (nSPS) is 10.5. The van der Waals surface area contributed by atoms with E-state index in [0.29, 0.717) is 23.3 Å². The molecule has 3 nitrogen and oxygen atoms in total. The summed E-state index contributed by atoms with van der Waals surface area (Å²) in [5, 5.41) is 0.916. The molecule has 0 amide bonds. The molecule has 0 saturated carbocycles. The zero-order chi connectivity index (χ0) is 16.9. The highest BCUT2D eigenvalue weighted by Gasteiger charge is 2.15. The van der Waals surface area contributed by atoms with Crippen LogP contribution in [0, 0.1) is 0 Å². The summed E-state index contributed by atoms with van der Waals surface area (Å²) in [6, 6.07) is 16.9. The fourth-order valence-electron chi connectivity index (χ4n) is 2.57. The Morgan fingerprint density at radius 1 is 1.08 bits per heavy atom. The molecule has 0 aliphatic carbocycles. The molecule has 120 valence electrons. The number of rotatable bonds is 5. The Morgan fingerprint density at radius 3 is 2.71 bits per heavy atom. The molecule has 0 saturated heterocycles. The van der Waals surface area contributed by atoms with Crippen molar-refractivity contribution < 1.29 is 9.53 Å². The first-order valence-corrected chi connectivity index (χ1v) is 7.99. The Balaban J connectivity index is 1.91. The summed E-state index contributed by atoms with van der Waals surface area (Å²) in [6.45, 7) is 6.11. The van der Waals surface area contributed by atoms with Gasteiger partial charge in [-0.2, -0.15) is 0 Å². The van der Waals surface area contributed by atoms with E-state index in [1.165, 1.54) is 0 Å². The van der Waals surface area contributed by atoms with Gasteiger partial charge < -0.3 is 4.74 Å². The molecule has 0 aliphatic heterocycles. The lowest BCUT2D eigenvalue weighted by Crippen LogP contribution is -2.11. The van der Waals surface area contributed by atoms with Crippen LogP contribution < -0.4 is 4.74 Å². The highest BCUT2D eigenvalue weighted by atomic mass is 16.5. The molecule has 3 rings (SSSR count). The van der Waals surface area contributed by atoms with Gasteiger partial charge in [0.05, 0.1) is 11.1 Å². The van der Waals surface area contributed by atoms with Gasteiger partial charge in [0.2, 0.25) is 0 Å². The molecule has 0 bridgehead atoms. The molecule has 0 aliphatic rings. The molecule has 1 aromatic heterocycles. The van der Waals surface area contributed by atoms with Gasteiger partial charge in [-0.3, -0.25) is 4.98 Å². The van der Waals surface area contributed by atoms with Crippen LogP contribution in [0.4, 0.5) is 0 Å². The zero-order valence-electron chi connectivity index (χ0n) is 13.7. The van der Waals surface area contributed by atoms with Gasteiger partial charge in [-0.1, -0.05) is 55.5 Å². The van der Waals surface area contributed by atoms with Crippen molar-refractivity contribution >= 4 is 16.9 Å². The van der Waals surface area contributed by atoms with Crippen LogP contribution in [0.3, 0.4) is 0 Å². The summed E-state index contributed by atoms with van der Waals surface area (Å²) in [5.74, 6) is 0.180. The topological polar surface area (TPSA) is 39.2 Å². The maximum Gasteiger partial charge on any atom is 0.345 e. The van der Waals surface area contributed by atoms with Crippen molar-refractivity contribution in [2.75, 3.05) is 0 Å². The molecular weight excluding hydrogens is 298 g/mol. The van der Waals surface area contributed by atoms with E-state index < -0.39 is 5.97 Å². The summed E-state index contributed by atoms with van der Waals surface area (Å²) in [4.78, 5) is 17.0. The van der Waals surface area contributed by atoms with Gasteiger partial charge in [0.25, 0.3) is 0 Å². The largest absolute Gasteiger partial charge is 0.423 e. The lowest BCUT2D eigenvalue weighted by molar-refractivity contribution is 0.0735. The standard InChI is InChI=1S/C21H19NO2/c1-3-15(2)14-17-8-4-5-12-19(17)24-21(23)18-11-6-9-16-10-7-13-22-20(16)18/h4-13H,2-3,14H2,1H3. The van der Waals surface area contributed by atoms with E-state index in [-0.39, 0.29) is 0 Å². The molecule has 3 heteroatoms. The Kier molecular flexibility index (Phi) is 4.71. The zero-order valence-corrected chi connectivity index (χ0v) is 13.7. The molecule has 3 aromatic rings. The molecule has 0 fully saturated rings. The minimum Gasteiger partial charge on any atom is -0.423 e. The maximum atomic E-state index is 12.7. The number of allylic oxidation sites excluding steroid dienone is 1. The molecular formula is C21H19NO2. The number of para-hydroxylation sites is 2. The second kappa shape index (κ2) is 7.09. The first-order chi connectivity index (χ1) is 11.7.